The van der Waals surface area contributed by atoms with Crippen molar-refractivity contribution in [3.63, 3.8) is 0 Å². The van der Waals surface area contributed by atoms with E-state index in [0.29, 0.717) is 13.0 Å². The van der Waals surface area contributed by atoms with Gasteiger partial charge in [-0.25, -0.2) is 0 Å². The van der Waals surface area contributed by atoms with E-state index in [2.05, 4.69) is 26.2 Å². The molecule has 6 heteroatoms. The topological polar surface area (TPSA) is 61.6 Å². The lowest BCUT2D eigenvalue weighted by molar-refractivity contribution is -0.384. The number of hydrogen-bond acceptors (Lipinski definition) is 4. The van der Waals surface area contributed by atoms with Gasteiger partial charge in [-0.1, -0.05) is 25.2 Å². The first-order valence-corrected chi connectivity index (χ1v) is 12.0. The molecule has 2 unspecified atom stereocenters. The first-order valence-electron chi connectivity index (χ1n) is 8.30. The first-order chi connectivity index (χ1) is 11.1. The van der Waals surface area contributed by atoms with Crippen LogP contribution in [0.5, 0.6) is 0 Å². The molecule has 0 N–H and O–H groups in total. The molecule has 0 fully saturated rings. The summed E-state index contributed by atoms with van der Waals surface area (Å²) < 4.78 is 11.5. The monoisotopic (exact) mass is 351 g/mol. The van der Waals surface area contributed by atoms with E-state index in [1.807, 2.05) is 13.8 Å². The van der Waals surface area contributed by atoms with Crippen molar-refractivity contribution in [3.8, 4) is 0 Å². The molecule has 0 bridgehead atoms. The summed E-state index contributed by atoms with van der Waals surface area (Å²) in [6.45, 7) is 15.5. The van der Waals surface area contributed by atoms with E-state index in [4.69, 9.17) is 9.47 Å². The minimum Gasteiger partial charge on any atom is -0.353 e. The van der Waals surface area contributed by atoms with Crippen LogP contribution in [0.4, 0.5) is 5.69 Å². The molecular formula is C18H29NO4Si. The van der Waals surface area contributed by atoms with Gasteiger partial charge < -0.3 is 9.47 Å². The lowest BCUT2D eigenvalue weighted by Gasteiger charge is -2.25. The zero-order chi connectivity index (χ0) is 18.3. The molecule has 0 aliphatic carbocycles. The minimum atomic E-state index is -1.24. The summed E-state index contributed by atoms with van der Waals surface area (Å²) in [6, 6.07) is 7.56. The molecule has 2 atom stereocenters. The smallest absolute Gasteiger partial charge is 0.269 e. The third-order valence-electron chi connectivity index (χ3n) is 3.49. The van der Waals surface area contributed by atoms with Crippen molar-refractivity contribution < 1.29 is 14.4 Å². The Bertz CT molecular complexity index is 551. The zero-order valence-electron chi connectivity index (χ0n) is 15.4. The van der Waals surface area contributed by atoms with Crippen LogP contribution in [0.25, 0.3) is 0 Å². The predicted octanol–water partition coefficient (Wildman–Crippen LogP) is 5.32. The van der Waals surface area contributed by atoms with Crippen LogP contribution in [0.3, 0.4) is 0 Å². The average molecular weight is 352 g/mol. The van der Waals surface area contributed by atoms with Gasteiger partial charge in [-0.05, 0) is 44.0 Å². The van der Waals surface area contributed by atoms with Crippen LogP contribution in [-0.4, -0.2) is 25.9 Å². The second kappa shape index (κ2) is 9.10. The van der Waals surface area contributed by atoms with Crippen LogP contribution in [0, 0.1) is 10.1 Å². The van der Waals surface area contributed by atoms with Gasteiger partial charge in [0.05, 0.1) is 11.0 Å². The summed E-state index contributed by atoms with van der Waals surface area (Å²) in [5.74, 6) is 0. The molecule has 0 aliphatic heterocycles. The Balaban J connectivity index is 2.91. The fourth-order valence-corrected chi connectivity index (χ4v) is 4.29. The quantitative estimate of drug-likeness (QED) is 0.188. The third-order valence-corrected chi connectivity index (χ3v) is 5.05. The lowest BCUT2D eigenvalue weighted by atomic mass is 10.0. The molecule has 0 saturated carbocycles. The van der Waals surface area contributed by atoms with Crippen molar-refractivity contribution in [1.29, 1.82) is 0 Å². The zero-order valence-corrected chi connectivity index (χ0v) is 16.4. The number of non-ortho nitro benzene ring substituents is 1. The van der Waals surface area contributed by atoms with E-state index in [1.54, 1.807) is 12.1 Å². The molecule has 134 valence electrons. The summed E-state index contributed by atoms with van der Waals surface area (Å²) in [7, 11) is -1.24. The van der Waals surface area contributed by atoms with Crippen molar-refractivity contribution in [2.24, 2.45) is 0 Å². The molecule has 1 aromatic rings. The van der Waals surface area contributed by atoms with Gasteiger partial charge in [0.1, 0.15) is 0 Å². The molecule has 0 aromatic heterocycles. The van der Waals surface area contributed by atoms with Crippen molar-refractivity contribution in [2.75, 3.05) is 6.61 Å². The van der Waals surface area contributed by atoms with Crippen LogP contribution in [0.1, 0.15) is 31.9 Å². The Morgan fingerprint density at radius 1 is 1.29 bits per heavy atom. The van der Waals surface area contributed by atoms with Crippen LogP contribution < -0.4 is 0 Å². The normalized spacial score (nSPS) is 14.2. The summed E-state index contributed by atoms with van der Waals surface area (Å²) in [6.07, 6.45) is 0.144. The fourth-order valence-electron chi connectivity index (χ4n) is 2.64. The summed E-state index contributed by atoms with van der Waals surface area (Å²) in [4.78, 5) is 10.4. The number of rotatable bonds is 10. The maximum absolute atomic E-state index is 10.8. The maximum Gasteiger partial charge on any atom is 0.269 e. The highest BCUT2D eigenvalue weighted by atomic mass is 28.3. The van der Waals surface area contributed by atoms with Gasteiger partial charge in [-0.2, -0.15) is 0 Å². The number of hydrogen-bond donors (Lipinski definition) is 0. The molecule has 0 aliphatic rings. The number of benzene rings is 1. The van der Waals surface area contributed by atoms with E-state index in [-0.39, 0.29) is 18.1 Å². The van der Waals surface area contributed by atoms with E-state index in [1.165, 1.54) is 12.1 Å². The Hall–Kier alpha value is -1.50. The summed E-state index contributed by atoms with van der Waals surface area (Å²) in [5, 5.41) is 10.8. The number of ether oxygens (including phenoxy) is 2. The molecule has 24 heavy (non-hydrogen) atoms. The van der Waals surface area contributed by atoms with Crippen molar-refractivity contribution in [2.45, 2.75) is 58.3 Å². The van der Waals surface area contributed by atoms with Gasteiger partial charge in [0.25, 0.3) is 5.69 Å². The Morgan fingerprint density at radius 3 is 2.33 bits per heavy atom. The molecule has 5 nitrogen and oxygen atoms in total. The van der Waals surface area contributed by atoms with Crippen LogP contribution in [0.15, 0.2) is 36.4 Å². The molecule has 1 rings (SSSR count). The van der Waals surface area contributed by atoms with Crippen LogP contribution in [0.2, 0.25) is 25.7 Å². The number of nitro benzene ring substituents is 1. The van der Waals surface area contributed by atoms with E-state index >= 15 is 0 Å². The standard InChI is InChI=1S/C18H29NO4Si/c1-7-22-15(3)23-18(12-14(2)13-24(4,5)6)16-8-10-17(11-9-16)19(20)21/h8-11,15,18H,2,7,12-13H2,1,3-6H3. The van der Waals surface area contributed by atoms with Crippen LogP contribution in [-0.2, 0) is 9.47 Å². The van der Waals surface area contributed by atoms with Gasteiger partial charge in [0.2, 0.25) is 0 Å². The van der Waals surface area contributed by atoms with Crippen molar-refractivity contribution in [1.82, 2.24) is 0 Å². The lowest BCUT2D eigenvalue weighted by Crippen LogP contribution is -2.22. The highest BCUT2D eigenvalue weighted by Crippen LogP contribution is 2.30. The molecule has 0 spiro atoms. The third kappa shape index (κ3) is 7.38. The highest BCUT2D eigenvalue weighted by molar-refractivity contribution is 6.76. The Kier molecular flexibility index (Phi) is 7.79. The van der Waals surface area contributed by atoms with E-state index < -0.39 is 13.0 Å². The summed E-state index contributed by atoms with van der Waals surface area (Å²) >= 11 is 0. The van der Waals surface area contributed by atoms with E-state index in [9.17, 15) is 10.1 Å². The fraction of sp³-hybridized carbons (Fsp3) is 0.556. The van der Waals surface area contributed by atoms with Gasteiger partial charge in [-0.15, -0.1) is 6.58 Å². The largest absolute Gasteiger partial charge is 0.353 e. The second-order valence-electron chi connectivity index (χ2n) is 7.19. The predicted molar refractivity (Wildman–Crippen MR) is 99.9 cm³/mol. The van der Waals surface area contributed by atoms with Gasteiger partial charge in [-0.3, -0.25) is 10.1 Å². The molecular weight excluding hydrogens is 322 g/mol. The Labute approximate surface area is 145 Å². The summed E-state index contributed by atoms with van der Waals surface area (Å²) in [5.41, 5.74) is 2.14. The van der Waals surface area contributed by atoms with Gasteiger partial charge in [0, 0.05) is 26.8 Å². The van der Waals surface area contributed by atoms with Crippen LogP contribution >= 0.6 is 0 Å². The van der Waals surface area contributed by atoms with E-state index in [0.717, 1.165) is 17.2 Å². The molecule has 0 saturated heterocycles. The molecule has 1 aromatic carbocycles. The minimum absolute atomic E-state index is 0.0799. The van der Waals surface area contributed by atoms with Gasteiger partial charge >= 0.3 is 0 Å². The van der Waals surface area contributed by atoms with Gasteiger partial charge in [0.15, 0.2) is 6.29 Å². The maximum atomic E-state index is 10.8. The molecule has 0 heterocycles. The SMILES string of the molecule is C=C(CC(OC(C)OCC)c1ccc([N+](=O)[O-])cc1)C[Si](C)(C)C. The highest BCUT2D eigenvalue weighted by Gasteiger charge is 2.21. The molecule has 0 radical (unpaired) electrons. The number of nitro groups is 1. The Morgan fingerprint density at radius 2 is 1.88 bits per heavy atom. The van der Waals surface area contributed by atoms with Crippen molar-refractivity contribution in [3.05, 3.63) is 52.1 Å². The average Bonchev–Trinajstić information content (AvgIpc) is 2.45. The second-order valence-corrected chi connectivity index (χ2v) is 12.7. The molecule has 0 amide bonds. The van der Waals surface area contributed by atoms with Crippen molar-refractivity contribution >= 4 is 13.8 Å². The number of nitrogens with zero attached hydrogens (tertiary/aromatic N) is 1. The first kappa shape index (κ1) is 20.5.